The number of allylic oxidation sites excluding steroid dienone is 4. The summed E-state index contributed by atoms with van der Waals surface area (Å²) in [7, 11) is 0. The number of hydrogen-bond acceptors (Lipinski definition) is 3. The second-order valence-corrected chi connectivity index (χ2v) is 4.32. The SMILES string of the molecule is O=C1C=CC(=O)C(C2CCCCCC2=O)=C1. The number of carbonyl (C=O) groups excluding carboxylic acids is 3. The van der Waals surface area contributed by atoms with Crippen molar-refractivity contribution in [3.05, 3.63) is 23.8 Å². The van der Waals surface area contributed by atoms with E-state index in [0.29, 0.717) is 18.4 Å². The van der Waals surface area contributed by atoms with Crippen molar-refractivity contribution < 1.29 is 14.4 Å². The minimum Gasteiger partial charge on any atom is -0.299 e. The van der Waals surface area contributed by atoms with Crippen molar-refractivity contribution >= 4 is 17.3 Å². The van der Waals surface area contributed by atoms with E-state index < -0.39 is 0 Å². The third-order valence-electron chi connectivity index (χ3n) is 3.16. The number of ketones is 3. The lowest BCUT2D eigenvalue weighted by Crippen LogP contribution is -2.22. The molecule has 0 spiro atoms. The van der Waals surface area contributed by atoms with E-state index in [9.17, 15) is 14.4 Å². The summed E-state index contributed by atoms with van der Waals surface area (Å²) in [5.74, 6) is -0.601. The molecule has 2 aliphatic rings. The predicted molar refractivity (Wildman–Crippen MR) is 58.8 cm³/mol. The van der Waals surface area contributed by atoms with E-state index in [4.69, 9.17) is 0 Å². The van der Waals surface area contributed by atoms with E-state index in [0.717, 1.165) is 19.3 Å². The molecule has 0 aromatic rings. The Kier molecular flexibility index (Phi) is 3.13. The standard InChI is InChI=1S/C13H14O3/c14-9-6-7-13(16)11(8-9)10-4-2-1-3-5-12(10)15/h6-8,10H,1-5H2. The highest BCUT2D eigenvalue weighted by Gasteiger charge is 2.29. The van der Waals surface area contributed by atoms with Crippen LogP contribution in [0, 0.1) is 5.92 Å². The third kappa shape index (κ3) is 2.18. The van der Waals surface area contributed by atoms with Crippen molar-refractivity contribution in [2.75, 3.05) is 0 Å². The summed E-state index contributed by atoms with van der Waals surface area (Å²) in [5.41, 5.74) is 0.402. The quantitative estimate of drug-likeness (QED) is 0.498. The van der Waals surface area contributed by atoms with Gasteiger partial charge >= 0.3 is 0 Å². The van der Waals surface area contributed by atoms with Gasteiger partial charge in [0.25, 0.3) is 0 Å². The van der Waals surface area contributed by atoms with Gasteiger partial charge in [-0.15, -0.1) is 0 Å². The first kappa shape index (κ1) is 11.0. The Bertz CT molecular complexity index is 401. The first-order chi connectivity index (χ1) is 7.68. The molecule has 84 valence electrons. The molecule has 1 saturated carbocycles. The van der Waals surface area contributed by atoms with Crippen LogP contribution in [0.1, 0.15) is 32.1 Å². The summed E-state index contributed by atoms with van der Waals surface area (Å²) in [6, 6.07) is 0. The number of rotatable bonds is 1. The van der Waals surface area contributed by atoms with Crippen LogP contribution >= 0.6 is 0 Å². The van der Waals surface area contributed by atoms with Crippen LogP contribution in [-0.2, 0) is 14.4 Å². The fraction of sp³-hybridized carbons (Fsp3) is 0.462. The lowest BCUT2D eigenvalue weighted by Gasteiger charge is -2.16. The Morgan fingerprint density at radius 3 is 2.62 bits per heavy atom. The van der Waals surface area contributed by atoms with Crippen molar-refractivity contribution in [1.82, 2.24) is 0 Å². The molecule has 0 heterocycles. The van der Waals surface area contributed by atoms with Gasteiger partial charge in [0.2, 0.25) is 0 Å². The van der Waals surface area contributed by atoms with Gasteiger partial charge in [0.1, 0.15) is 5.78 Å². The van der Waals surface area contributed by atoms with Crippen molar-refractivity contribution in [3.8, 4) is 0 Å². The topological polar surface area (TPSA) is 51.2 Å². The van der Waals surface area contributed by atoms with Crippen LogP contribution < -0.4 is 0 Å². The van der Waals surface area contributed by atoms with Gasteiger partial charge in [0.15, 0.2) is 11.6 Å². The molecule has 1 fully saturated rings. The molecule has 16 heavy (non-hydrogen) atoms. The van der Waals surface area contributed by atoms with Crippen molar-refractivity contribution in [1.29, 1.82) is 0 Å². The molecule has 0 aromatic heterocycles. The third-order valence-corrected chi connectivity index (χ3v) is 3.16. The van der Waals surface area contributed by atoms with Crippen LogP contribution in [0.3, 0.4) is 0 Å². The highest BCUT2D eigenvalue weighted by molar-refractivity contribution is 6.19. The Morgan fingerprint density at radius 1 is 1.00 bits per heavy atom. The van der Waals surface area contributed by atoms with Gasteiger partial charge in [-0.3, -0.25) is 14.4 Å². The van der Waals surface area contributed by atoms with E-state index in [1.807, 2.05) is 0 Å². The summed E-state index contributed by atoms with van der Waals surface area (Å²) in [6.07, 6.45) is 8.00. The smallest absolute Gasteiger partial charge is 0.182 e. The summed E-state index contributed by atoms with van der Waals surface area (Å²) in [6.45, 7) is 0. The molecule has 0 aromatic carbocycles. The fourth-order valence-electron chi connectivity index (χ4n) is 2.29. The molecule has 2 aliphatic carbocycles. The van der Waals surface area contributed by atoms with Gasteiger partial charge in [-0.1, -0.05) is 12.8 Å². The first-order valence-electron chi connectivity index (χ1n) is 5.69. The minimum atomic E-state index is -0.344. The van der Waals surface area contributed by atoms with Crippen LogP contribution in [-0.4, -0.2) is 17.3 Å². The van der Waals surface area contributed by atoms with Crippen LogP contribution in [0.15, 0.2) is 23.8 Å². The maximum absolute atomic E-state index is 11.8. The molecule has 0 bridgehead atoms. The molecule has 0 amide bonds. The van der Waals surface area contributed by atoms with Crippen molar-refractivity contribution in [2.45, 2.75) is 32.1 Å². The van der Waals surface area contributed by atoms with E-state index in [1.165, 1.54) is 18.2 Å². The Hall–Kier alpha value is -1.51. The molecule has 3 heteroatoms. The van der Waals surface area contributed by atoms with Crippen molar-refractivity contribution in [2.24, 2.45) is 5.92 Å². The zero-order chi connectivity index (χ0) is 11.5. The molecule has 0 radical (unpaired) electrons. The maximum atomic E-state index is 11.8. The van der Waals surface area contributed by atoms with Gasteiger partial charge in [0, 0.05) is 17.9 Å². The van der Waals surface area contributed by atoms with Gasteiger partial charge in [-0.25, -0.2) is 0 Å². The van der Waals surface area contributed by atoms with Crippen LogP contribution in [0.2, 0.25) is 0 Å². The zero-order valence-electron chi connectivity index (χ0n) is 9.07. The summed E-state index contributed by atoms with van der Waals surface area (Å²) < 4.78 is 0. The first-order valence-corrected chi connectivity index (χ1v) is 5.69. The van der Waals surface area contributed by atoms with E-state index >= 15 is 0 Å². The molecule has 0 N–H and O–H groups in total. The maximum Gasteiger partial charge on any atom is 0.182 e. The fourth-order valence-corrected chi connectivity index (χ4v) is 2.29. The lowest BCUT2D eigenvalue weighted by atomic mass is 9.85. The van der Waals surface area contributed by atoms with Gasteiger partial charge < -0.3 is 0 Å². The Morgan fingerprint density at radius 2 is 1.81 bits per heavy atom. The van der Waals surface area contributed by atoms with Gasteiger partial charge in [-0.2, -0.15) is 0 Å². The zero-order valence-corrected chi connectivity index (χ0v) is 9.07. The van der Waals surface area contributed by atoms with Crippen molar-refractivity contribution in [3.63, 3.8) is 0 Å². The molecule has 1 unspecified atom stereocenters. The molecule has 0 aliphatic heterocycles. The normalized spacial score (nSPS) is 26.6. The van der Waals surface area contributed by atoms with E-state index in [2.05, 4.69) is 0 Å². The second-order valence-electron chi connectivity index (χ2n) is 4.32. The van der Waals surface area contributed by atoms with Crippen LogP contribution in [0.25, 0.3) is 0 Å². The second kappa shape index (κ2) is 4.56. The molecular weight excluding hydrogens is 204 g/mol. The van der Waals surface area contributed by atoms with E-state index in [-0.39, 0.29) is 23.3 Å². The summed E-state index contributed by atoms with van der Waals surface area (Å²) in [4.78, 5) is 34.7. The molecular formula is C13H14O3. The van der Waals surface area contributed by atoms with E-state index in [1.54, 1.807) is 0 Å². The monoisotopic (exact) mass is 218 g/mol. The van der Waals surface area contributed by atoms with Crippen LogP contribution in [0.4, 0.5) is 0 Å². The predicted octanol–water partition coefficient (Wildman–Crippen LogP) is 1.77. The average Bonchev–Trinajstić information content (AvgIpc) is 2.47. The molecule has 1 atom stereocenters. The lowest BCUT2D eigenvalue weighted by molar-refractivity contribution is -0.123. The Balaban J connectivity index is 2.25. The number of carbonyl (C=O) groups is 3. The van der Waals surface area contributed by atoms with Gasteiger partial charge in [0.05, 0.1) is 0 Å². The van der Waals surface area contributed by atoms with Crippen LogP contribution in [0.5, 0.6) is 0 Å². The summed E-state index contributed by atoms with van der Waals surface area (Å²) >= 11 is 0. The largest absolute Gasteiger partial charge is 0.299 e. The van der Waals surface area contributed by atoms with Gasteiger partial charge in [-0.05, 0) is 31.1 Å². The number of hydrogen-bond donors (Lipinski definition) is 0. The highest BCUT2D eigenvalue weighted by Crippen LogP contribution is 2.28. The minimum absolute atomic E-state index is 0.111. The molecule has 2 rings (SSSR count). The summed E-state index contributed by atoms with van der Waals surface area (Å²) in [5, 5.41) is 0. The highest BCUT2D eigenvalue weighted by atomic mass is 16.1. The Labute approximate surface area is 94.2 Å². The number of Topliss-reactive ketones (excluding diaryl/α,β-unsaturated/α-hetero) is 1. The molecule has 0 saturated heterocycles. The molecule has 3 nitrogen and oxygen atoms in total. The average molecular weight is 218 g/mol.